The van der Waals surface area contributed by atoms with E-state index in [0.29, 0.717) is 0 Å². The summed E-state index contributed by atoms with van der Waals surface area (Å²) < 4.78 is 66.2. The molecular weight excluding hydrogens is 1520 g/mol. The van der Waals surface area contributed by atoms with Crippen LogP contribution in [0.15, 0.2) is 346 Å². The Balaban J connectivity index is 0.000000142. The van der Waals surface area contributed by atoms with Gasteiger partial charge in [0.2, 0.25) is 0 Å². The van der Waals surface area contributed by atoms with Gasteiger partial charge in [-0.15, -0.1) is 17.8 Å². The molecule has 0 N–H and O–H groups in total. The van der Waals surface area contributed by atoms with Crippen LogP contribution in [0.25, 0.3) is 64.6 Å². The summed E-state index contributed by atoms with van der Waals surface area (Å²) in [5, 5.41) is 19.8. The molecule has 486 valence electrons. The van der Waals surface area contributed by atoms with Gasteiger partial charge in [-0.2, -0.15) is 13.2 Å². The fourth-order valence-electron chi connectivity index (χ4n) is 13.0. The fourth-order valence-corrected chi connectivity index (χ4v) is 18.4. The number of benzene rings is 15. The van der Waals surface area contributed by atoms with Crippen LogP contribution in [-0.2, 0) is 9.13 Å². The van der Waals surface area contributed by atoms with Gasteiger partial charge in [0.1, 0.15) is 0 Å². The second kappa shape index (κ2) is 34.1. The van der Waals surface area contributed by atoms with Gasteiger partial charge in [-0.05, 0) is 64.6 Å². The molecule has 0 aliphatic heterocycles. The molecule has 0 aliphatic carbocycles. The molecule has 2 radical (unpaired) electrons. The fraction of sp³-hybridized carbons (Fsp3) is 0.0787. The third kappa shape index (κ3) is 16.5. The Morgan fingerprint density at radius 2 is 0.439 bits per heavy atom. The topological polar surface area (TPSA) is 34.1 Å². The van der Waals surface area contributed by atoms with Crippen LogP contribution in [0.3, 0.4) is 0 Å². The molecule has 0 aliphatic rings. The van der Waals surface area contributed by atoms with E-state index in [1.54, 1.807) is 0 Å². The summed E-state index contributed by atoms with van der Waals surface area (Å²) in [5.41, 5.74) is 3.36. The molecule has 15 aromatic rings. The minimum Gasteiger partial charge on any atom is -0.336 e. The van der Waals surface area contributed by atoms with Crippen molar-refractivity contribution < 1.29 is 121 Å². The molecule has 0 amide bonds. The van der Waals surface area contributed by atoms with Gasteiger partial charge in [0, 0.05) is 31.8 Å². The Kier molecular flexibility index (Phi) is 25.7. The molecule has 4 atom stereocenters. The maximum Gasteiger partial charge on any atom is 2.00 e. The van der Waals surface area contributed by atoms with Gasteiger partial charge < -0.3 is 36.8 Å². The molecule has 0 fully saturated rings. The standard InChI is InChI=1S/C29H24.C24H19F3.2C18H15OP.2Eu/c1-20(22-10-4-3-5-11-22)18-21(2)23-16-17-28-26-14-7-6-12-24(26)25-13-8-9-15-27(25)29(28)19-23;1-15(13-16(2)24(25,26)27)17-11-12-22-20-9-4-3-7-18(20)19-8-5-6-10-21(19)23(22)14-17;2*19-20(16-10-4-1-5-11-16,17-12-6-2-7-13-17)18-14-8-3-9-15-18;;/h3-17,19-21H,1-2,18H2;3-12,14-16H,1-2,13H2;2*1-15H;;/q2*-2;;;2*+2. The molecule has 15 rings (SSSR count). The van der Waals surface area contributed by atoms with Crippen LogP contribution < -0.4 is 31.8 Å². The maximum atomic E-state index is 13.8. The van der Waals surface area contributed by atoms with Gasteiger partial charge in [0.25, 0.3) is 0 Å². The van der Waals surface area contributed by atoms with Gasteiger partial charge in [-0.25, -0.2) is 0 Å². The number of halogens is 3. The number of alkyl halides is 3. The van der Waals surface area contributed by atoms with E-state index in [9.17, 15) is 22.3 Å². The first-order valence-electron chi connectivity index (χ1n) is 32.4. The van der Waals surface area contributed by atoms with Crippen molar-refractivity contribution in [3.05, 3.63) is 390 Å². The average Bonchev–Trinajstić information content (AvgIpc) is 0.749. The third-order valence-electron chi connectivity index (χ3n) is 18.1. The maximum absolute atomic E-state index is 13.8. The van der Waals surface area contributed by atoms with E-state index in [1.165, 1.54) is 48.8 Å². The number of fused-ring (bicyclic) bond motifs is 12. The van der Waals surface area contributed by atoms with Crippen molar-refractivity contribution in [3.63, 3.8) is 0 Å². The molecule has 2 nitrogen and oxygen atoms in total. The zero-order valence-corrected chi connectivity index (χ0v) is 60.7. The van der Waals surface area contributed by atoms with Crippen molar-refractivity contribution in [2.75, 3.05) is 0 Å². The van der Waals surface area contributed by atoms with Crippen molar-refractivity contribution in [1.29, 1.82) is 0 Å². The molecule has 9 heteroatoms. The first kappa shape index (κ1) is 74.0. The molecule has 0 saturated carbocycles. The molecule has 0 heterocycles. The van der Waals surface area contributed by atoms with Crippen molar-refractivity contribution in [3.8, 4) is 0 Å². The zero-order chi connectivity index (χ0) is 66.7. The predicted octanol–water partition coefficient (Wildman–Crippen LogP) is 22.2. The van der Waals surface area contributed by atoms with Crippen LogP contribution in [0, 0.1) is 132 Å². The quantitative estimate of drug-likeness (QED) is 0.0655. The Morgan fingerprint density at radius 1 is 0.245 bits per heavy atom. The molecule has 0 spiro atoms. The number of rotatable bonds is 13. The normalized spacial score (nSPS) is 12.7. The van der Waals surface area contributed by atoms with Crippen LogP contribution >= 0.6 is 14.3 Å². The van der Waals surface area contributed by atoms with E-state index in [4.69, 9.17) is 0 Å². The molecule has 0 saturated heterocycles. The first-order valence-corrected chi connectivity index (χ1v) is 35.8. The summed E-state index contributed by atoms with van der Waals surface area (Å²) in [5.74, 6) is -1.65. The minimum atomic E-state index is -4.30. The van der Waals surface area contributed by atoms with E-state index in [-0.39, 0.29) is 117 Å². The van der Waals surface area contributed by atoms with Crippen LogP contribution in [-0.4, -0.2) is 6.18 Å². The summed E-state index contributed by atoms with van der Waals surface area (Å²) in [6.45, 7) is 16.1. The Bertz CT molecular complexity index is 4770. The monoisotopic (exact) mass is 1600 g/mol. The Labute approximate surface area is 656 Å². The smallest absolute Gasteiger partial charge is 0.336 e. The van der Waals surface area contributed by atoms with Crippen LogP contribution in [0.4, 0.5) is 13.2 Å². The second-order valence-corrected chi connectivity index (χ2v) is 29.8. The van der Waals surface area contributed by atoms with Crippen LogP contribution in [0.5, 0.6) is 0 Å². The molecule has 4 unspecified atom stereocenters. The summed E-state index contributed by atoms with van der Waals surface area (Å²) in [7, 11) is -5.55. The summed E-state index contributed by atoms with van der Waals surface area (Å²) in [6.07, 6.45) is -3.49. The van der Waals surface area contributed by atoms with Gasteiger partial charge in [0.05, 0.1) is 0 Å². The van der Waals surface area contributed by atoms with Gasteiger partial charge >= 0.3 is 105 Å². The van der Waals surface area contributed by atoms with E-state index in [0.717, 1.165) is 70.7 Å². The van der Waals surface area contributed by atoms with E-state index in [1.807, 2.05) is 224 Å². The Hall–Kier alpha value is -6.72. The molecule has 0 bridgehead atoms. The third-order valence-corrected chi connectivity index (χ3v) is 24.2. The molecule has 0 aromatic heterocycles. The first-order chi connectivity index (χ1) is 46.7. The molecular formula is C89H73Eu2F3O2P2. The van der Waals surface area contributed by atoms with Crippen molar-refractivity contribution in [1.82, 2.24) is 0 Å². The van der Waals surface area contributed by atoms with E-state index < -0.39 is 32.3 Å². The molecule has 15 aromatic carbocycles. The van der Waals surface area contributed by atoms with E-state index in [2.05, 4.69) is 149 Å². The number of hydrogen-bond acceptors (Lipinski definition) is 2. The van der Waals surface area contributed by atoms with Crippen molar-refractivity contribution in [2.45, 2.75) is 36.8 Å². The molecule has 98 heavy (non-hydrogen) atoms. The summed E-state index contributed by atoms with van der Waals surface area (Å²) >= 11 is 0. The van der Waals surface area contributed by atoms with Crippen molar-refractivity contribution in [2.24, 2.45) is 5.92 Å². The summed E-state index contributed by atoms with van der Waals surface area (Å²) in [6, 6.07) is 115. The largest absolute Gasteiger partial charge is 2.00 e. The Morgan fingerprint density at radius 3 is 0.684 bits per heavy atom. The summed E-state index contributed by atoms with van der Waals surface area (Å²) in [4.78, 5) is 0. The van der Waals surface area contributed by atoms with Gasteiger partial charge in [-0.3, -0.25) is 0 Å². The average molecular weight is 1600 g/mol. The van der Waals surface area contributed by atoms with Crippen LogP contribution in [0.2, 0.25) is 0 Å². The van der Waals surface area contributed by atoms with E-state index >= 15 is 0 Å². The van der Waals surface area contributed by atoms with Crippen LogP contribution in [0.1, 0.15) is 47.3 Å². The van der Waals surface area contributed by atoms with Crippen molar-refractivity contribution >= 4 is 111 Å². The second-order valence-electron chi connectivity index (χ2n) is 24.2. The van der Waals surface area contributed by atoms with Gasteiger partial charge in [0.15, 0.2) is 14.3 Å². The zero-order valence-electron chi connectivity index (χ0n) is 54.1. The number of hydrogen-bond donors (Lipinski definition) is 0. The predicted molar refractivity (Wildman–Crippen MR) is 404 cm³/mol. The SMILES string of the molecule is O=P(c1ccccc1)(c1ccccc1)c1ccccc1.O=P(c1ccccc1)(c1ccccc1)c1ccccc1.[CH2-]C(CC([CH2-])C(F)(F)F)c1ccc2c3ccccc3c3ccccc3c2c1.[CH2-]C(CC([CH2-])c1ccc2c3ccccc3c3ccccc3c2c1)c1ccccc1.[Eu+2].[Eu+2]. The van der Waals surface area contributed by atoms with Gasteiger partial charge in [-0.1, -0.05) is 381 Å². The minimum absolute atomic E-state index is 0.